The van der Waals surface area contributed by atoms with E-state index in [0.29, 0.717) is 0 Å². The van der Waals surface area contributed by atoms with Gasteiger partial charge in [-0.05, 0) is 44.6 Å². The van der Waals surface area contributed by atoms with Crippen molar-refractivity contribution < 1.29 is 9.53 Å². The van der Waals surface area contributed by atoms with Gasteiger partial charge in [-0.3, -0.25) is 9.48 Å². The summed E-state index contributed by atoms with van der Waals surface area (Å²) in [4.78, 5) is 14.2. The Morgan fingerprint density at radius 3 is 2.64 bits per heavy atom. The molecule has 1 aromatic rings. The summed E-state index contributed by atoms with van der Waals surface area (Å²) >= 11 is 0. The molecule has 0 unspecified atom stereocenters. The van der Waals surface area contributed by atoms with Crippen LogP contribution in [0.25, 0.3) is 6.08 Å². The Bertz CT molecular complexity index is 580. The highest BCUT2D eigenvalue weighted by Crippen LogP contribution is 2.46. The van der Waals surface area contributed by atoms with Crippen LogP contribution in [0.2, 0.25) is 0 Å². The first-order chi connectivity index (χ1) is 10.4. The van der Waals surface area contributed by atoms with E-state index in [2.05, 4.69) is 18.9 Å². The molecule has 0 saturated carbocycles. The topological polar surface area (TPSA) is 47.4 Å². The second-order valence-corrected chi connectivity index (χ2v) is 7.33. The van der Waals surface area contributed by atoms with Crippen LogP contribution in [0.4, 0.5) is 0 Å². The number of hydrogen-bond acceptors (Lipinski definition) is 3. The molecule has 3 rings (SSSR count). The van der Waals surface area contributed by atoms with Gasteiger partial charge >= 0.3 is 0 Å². The zero-order chi connectivity index (χ0) is 15.8. The van der Waals surface area contributed by atoms with Crippen molar-refractivity contribution in [3.63, 3.8) is 0 Å². The molecule has 2 aliphatic rings. The van der Waals surface area contributed by atoms with Crippen LogP contribution in [0.1, 0.15) is 38.7 Å². The molecular formula is C17H25N3O2. The lowest BCUT2D eigenvalue weighted by Gasteiger charge is -2.38. The van der Waals surface area contributed by atoms with Crippen molar-refractivity contribution in [1.29, 1.82) is 0 Å². The van der Waals surface area contributed by atoms with E-state index < -0.39 is 0 Å². The lowest BCUT2D eigenvalue weighted by Crippen LogP contribution is -2.43. The van der Waals surface area contributed by atoms with Crippen LogP contribution in [0.15, 0.2) is 18.5 Å². The minimum Gasteiger partial charge on any atom is -0.375 e. The number of carbonyl (C=O) groups is 1. The van der Waals surface area contributed by atoms with E-state index >= 15 is 0 Å². The molecule has 0 atom stereocenters. The van der Waals surface area contributed by atoms with Gasteiger partial charge in [-0.1, -0.05) is 0 Å². The zero-order valence-corrected chi connectivity index (χ0v) is 13.7. The van der Waals surface area contributed by atoms with Crippen LogP contribution in [0, 0.1) is 5.41 Å². The van der Waals surface area contributed by atoms with E-state index in [-0.39, 0.29) is 16.9 Å². The molecule has 0 bridgehead atoms. The first kappa shape index (κ1) is 15.3. The number of nitrogens with zero attached hydrogens (tertiary/aromatic N) is 3. The molecule has 5 heteroatoms. The highest BCUT2D eigenvalue weighted by Gasteiger charge is 2.46. The minimum absolute atomic E-state index is 0.00755. The Kier molecular flexibility index (Phi) is 3.85. The Labute approximate surface area is 131 Å². The number of hydrogen-bond donors (Lipinski definition) is 0. The third kappa shape index (κ3) is 3.24. The van der Waals surface area contributed by atoms with E-state index in [1.54, 1.807) is 17.0 Å². The highest BCUT2D eigenvalue weighted by atomic mass is 16.5. The summed E-state index contributed by atoms with van der Waals surface area (Å²) in [6.07, 6.45) is 10.3. The smallest absolute Gasteiger partial charge is 0.246 e. The summed E-state index contributed by atoms with van der Waals surface area (Å²) in [6, 6.07) is 0. The third-order valence-corrected chi connectivity index (χ3v) is 4.85. The Morgan fingerprint density at radius 2 is 2.09 bits per heavy atom. The van der Waals surface area contributed by atoms with Gasteiger partial charge in [0.15, 0.2) is 0 Å². The second kappa shape index (κ2) is 5.54. The third-order valence-electron chi connectivity index (χ3n) is 4.85. The van der Waals surface area contributed by atoms with Crippen molar-refractivity contribution in [1.82, 2.24) is 14.7 Å². The molecule has 2 fully saturated rings. The average molecular weight is 303 g/mol. The number of likely N-dealkylation sites (tertiary alicyclic amines) is 1. The number of aryl methyl sites for hydroxylation is 1. The molecule has 2 saturated heterocycles. The summed E-state index contributed by atoms with van der Waals surface area (Å²) in [5.41, 5.74) is 1.23. The summed E-state index contributed by atoms with van der Waals surface area (Å²) in [7, 11) is 1.87. The van der Waals surface area contributed by atoms with E-state index in [1.807, 2.05) is 24.2 Å². The average Bonchev–Trinajstić information content (AvgIpc) is 3.01. The molecule has 0 N–H and O–H groups in total. The predicted molar refractivity (Wildman–Crippen MR) is 85.1 cm³/mol. The Morgan fingerprint density at radius 1 is 1.36 bits per heavy atom. The molecule has 0 aliphatic carbocycles. The molecule has 22 heavy (non-hydrogen) atoms. The molecule has 1 amide bonds. The van der Waals surface area contributed by atoms with Gasteiger partial charge in [0.05, 0.1) is 18.4 Å². The molecule has 5 nitrogen and oxygen atoms in total. The number of ether oxygens (including phenoxy) is 1. The van der Waals surface area contributed by atoms with Crippen molar-refractivity contribution in [2.75, 3.05) is 19.7 Å². The predicted octanol–water partition coefficient (Wildman–Crippen LogP) is 2.24. The first-order valence-corrected chi connectivity index (χ1v) is 7.97. The minimum atomic E-state index is -0.00755. The van der Waals surface area contributed by atoms with Gasteiger partial charge in [0.1, 0.15) is 0 Å². The number of amides is 1. The fourth-order valence-corrected chi connectivity index (χ4v) is 3.68. The van der Waals surface area contributed by atoms with Crippen molar-refractivity contribution in [2.24, 2.45) is 12.5 Å². The normalized spacial score (nSPS) is 23.5. The van der Waals surface area contributed by atoms with Gasteiger partial charge in [-0.15, -0.1) is 0 Å². The van der Waals surface area contributed by atoms with Crippen LogP contribution >= 0.6 is 0 Å². The van der Waals surface area contributed by atoms with Gasteiger partial charge in [0.2, 0.25) is 5.91 Å². The maximum atomic E-state index is 12.3. The Hall–Kier alpha value is -1.62. The van der Waals surface area contributed by atoms with E-state index in [4.69, 9.17) is 4.74 Å². The van der Waals surface area contributed by atoms with Gasteiger partial charge in [0, 0.05) is 38.0 Å². The standard InChI is InChI=1S/C17H25N3O2/c1-16(2)12-17(13-22-16)6-8-20(9-7-17)15(21)5-4-14-10-18-19(3)11-14/h4-5,10-11H,6-9,12-13H2,1-3H3. The van der Waals surface area contributed by atoms with Crippen LogP contribution in [0.3, 0.4) is 0 Å². The first-order valence-electron chi connectivity index (χ1n) is 7.97. The summed E-state index contributed by atoms with van der Waals surface area (Å²) in [6.45, 7) is 6.82. The van der Waals surface area contributed by atoms with Crippen LogP contribution in [0.5, 0.6) is 0 Å². The molecular weight excluding hydrogens is 278 g/mol. The maximum absolute atomic E-state index is 12.3. The quantitative estimate of drug-likeness (QED) is 0.787. The van der Waals surface area contributed by atoms with Crippen LogP contribution in [-0.4, -0.2) is 45.9 Å². The molecule has 1 aromatic heterocycles. The van der Waals surface area contributed by atoms with Crippen molar-refractivity contribution in [3.8, 4) is 0 Å². The lowest BCUT2D eigenvalue weighted by atomic mass is 9.74. The van der Waals surface area contributed by atoms with E-state index in [1.165, 1.54) is 0 Å². The highest BCUT2D eigenvalue weighted by molar-refractivity contribution is 5.91. The zero-order valence-electron chi connectivity index (χ0n) is 13.7. The molecule has 1 spiro atoms. The molecule has 0 aromatic carbocycles. The van der Waals surface area contributed by atoms with Gasteiger partial charge in [-0.2, -0.15) is 5.10 Å². The lowest BCUT2D eigenvalue weighted by molar-refractivity contribution is -0.128. The van der Waals surface area contributed by atoms with E-state index in [0.717, 1.165) is 44.5 Å². The second-order valence-electron chi connectivity index (χ2n) is 7.33. The van der Waals surface area contributed by atoms with Gasteiger partial charge in [-0.25, -0.2) is 0 Å². The molecule has 0 radical (unpaired) electrons. The molecule has 120 valence electrons. The number of piperidine rings is 1. The van der Waals surface area contributed by atoms with Crippen LogP contribution in [-0.2, 0) is 16.6 Å². The van der Waals surface area contributed by atoms with Crippen LogP contribution < -0.4 is 0 Å². The summed E-state index contributed by atoms with van der Waals surface area (Å²) < 4.78 is 7.64. The van der Waals surface area contributed by atoms with Crippen molar-refractivity contribution in [3.05, 3.63) is 24.0 Å². The summed E-state index contributed by atoms with van der Waals surface area (Å²) in [5.74, 6) is 0.0943. The van der Waals surface area contributed by atoms with Gasteiger partial charge < -0.3 is 9.64 Å². The number of rotatable bonds is 2. The fourth-order valence-electron chi connectivity index (χ4n) is 3.68. The molecule has 3 heterocycles. The number of aromatic nitrogens is 2. The SMILES string of the molecule is Cn1cc(C=CC(=O)N2CCC3(CC2)COC(C)(C)C3)cn1. The summed E-state index contributed by atoms with van der Waals surface area (Å²) in [5, 5.41) is 4.10. The van der Waals surface area contributed by atoms with Crippen molar-refractivity contribution in [2.45, 2.75) is 38.7 Å². The maximum Gasteiger partial charge on any atom is 0.246 e. The Balaban J connectivity index is 1.55. The monoisotopic (exact) mass is 303 g/mol. The number of carbonyl (C=O) groups excluding carboxylic acids is 1. The van der Waals surface area contributed by atoms with Crippen molar-refractivity contribution >= 4 is 12.0 Å². The fraction of sp³-hybridized carbons (Fsp3) is 0.647. The van der Waals surface area contributed by atoms with E-state index in [9.17, 15) is 4.79 Å². The molecule has 2 aliphatic heterocycles. The largest absolute Gasteiger partial charge is 0.375 e. The van der Waals surface area contributed by atoms with Gasteiger partial charge in [0.25, 0.3) is 0 Å².